The maximum absolute atomic E-state index is 13.3. The highest BCUT2D eigenvalue weighted by Gasteiger charge is 2.38. The SMILES string of the molecule is NC[C@@H]1CN(C(=O)C2CCCN(Cc3ccccc3)C2)C[C@H]1c1ccccc1. The summed E-state index contributed by atoms with van der Waals surface area (Å²) in [6.45, 7) is 5.12. The fourth-order valence-corrected chi connectivity index (χ4v) is 4.87. The summed E-state index contributed by atoms with van der Waals surface area (Å²) in [7, 11) is 0. The van der Waals surface area contributed by atoms with Crippen molar-refractivity contribution in [1.29, 1.82) is 0 Å². The van der Waals surface area contributed by atoms with Gasteiger partial charge < -0.3 is 10.6 Å². The van der Waals surface area contributed by atoms with Crippen molar-refractivity contribution in [2.45, 2.75) is 25.3 Å². The normalized spacial score (nSPS) is 25.8. The van der Waals surface area contributed by atoms with Gasteiger partial charge in [0.05, 0.1) is 5.92 Å². The second kappa shape index (κ2) is 8.89. The van der Waals surface area contributed by atoms with Gasteiger partial charge in [-0.2, -0.15) is 0 Å². The summed E-state index contributed by atoms with van der Waals surface area (Å²) in [5, 5.41) is 0. The molecule has 148 valence electrons. The molecule has 4 rings (SSSR count). The first kappa shape index (κ1) is 19.2. The van der Waals surface area contributed by atoms with Gasteiger partial charge in [-0.05, 0) is 43.0 Å². The number of nitrogens with two attached hydrogens (primary N) is 1. The Bertz CT molecular complexity index is 764. The molecule has 0 aliphatic carbocycles. The number of nitrogens with zero attached hydrogens (tertiary/aromatic N) is 2. The Morgan fingerprint density at radius 1 is 0.964 bits per heavy atom. The van der Waals surface area contributed by atoms with Crippen LogP contribution in [-0.4, -0.2) is 48.4 Å². The Morgan fingerprint density at radius 2 is 1.68 bits per heavy atom. The molecule has 2 heterocycles. The second-order valence-electron chi connectivity index (χ2n) is 8.32. The summed E-state index contributed by atoms with van der Waals surface area (Å²) < 4.78 is 0. The lowest BCUT2D eigenvalue weighted by atomic mass is 9.89. The molecule has 4 heteroatoms. The number of carbonyl (C=O) groups is 1. The number of amides is 1. The van der Waals surface area contributed by atoms with Crippen LogP contribution in [-0.2, 0) is 11.3 Å². The lowest BCUT2D eigenvalue weighted by Gasteiger charge is -2.34. The minimum Gasteiger partial charge on any atom is -0.341 e. The van der Waals surface area contributed by atoms with Crippen molar-refractivity contribution in [1.82, 2.24) is 9.80 Å². The van der Waals surface area contributed by atoms with Gasteiger partial charge in [-0.3, -0.25) is 9.69 Å². The molecule has 28 heavy (non-hydrogen) atoms. The van der Waals surface area contributed by atoms with E-state index in [1.54, 1.807) is 0 Å². The Kier molecular flexibility index (Phi) is 6.08. The molecule has 2 saturated heterocycles. The quantitative estimate of drug-likeness (QED) is 0.871. The molecule has 2 aliphatic rings. The molecule has 2 aromatic carbocycles. The zero-order chi connectivity index (χ0) is 19.3. The summed E-state index contributed by atoms with van der Waals surface area (Å²) in [6.07, 6.45) is 2.10. The first-order chi connectivity index (χ1) is 13.7. The molecular formula is C24H31N3O. The van der Waals surface area contributed by atoms with Crippen LogP contribution < -0.4 is 5.73 Å². The monoisotopic (exact) mass is 377 g/mol. The zero-order valence-electron chi connectivity index (χ0n) is 16.5. The molecule has 0 bridgehead atoms. The number of carbonyl (C=O) groups excluding carboxylic acids is 1. The molecule has 4 nitrogen and oxygen atoms in total. The van der Waals surface area contributed by atoms with E-state index >= 15 is 0 Å². The first-order valence-electron chi connectivity index (χ1n) is 10.5. The van der Waals surface area contributed by atoms with Crippen LogP contribution in [0.25, 0.3) is 0 Å². The zero-order valence-corrected chi connectivity index (χ0v) is 16.5. The van der Waals surface area contributed by atoms with E-state index in [9.17, 15) is 4.79 Å². The third-order valence-corrected chi connectivity index (χ3v) is 6.39. The summed E-state index contributed by atoms with van der Waals surface area (Å²) in [5.74, 6) is 1.16. The van der Waals surface area contributed by atoms with Crippen LogP contribution in [0.4, 0.5) is 0 Å². The van der Waals surface area contributed by atoms with Gasteiger partial charge in [0, 0.05) is 32.1 Å². The molecule has 1 amide bonds. The maximum atomic E-state index is 13.3. The van der Waals surface area contributed by atoms with E-state index in [1.165, 1.54) is 11.1 Å². The molecule has 0 spiro atoms. The van der Waals surface area contributed by atoms with E-state index in [4.69, 9.17) is 5.73 Å². The van der Waals surface area contributed by atoms with Crippen LogP contribution in [0.15, 0.2) is 60.7 Å². The lowest BCUT2D eigenvalue weighted by molar-refractivity contribution is -0.136. The van der Waals surface area contributed by atoms with Crippen LogP contribution in [0.2, 0.25) is 0 Å². The third-order valence-electron chi connectivity index (χ3n) is 6.39. The minimum atomic E-state index is 0.116. The van der Waals surface area contributed by atoms with Gasteiger partial charge in [0.25, 0.3) is 0 Å². The summed E-state index contributed by atoms with van der Waals surface area (Å²) in [6, 6.07) is 21.1. The van der Waals surface area contributed by atoms with Crippen molar-refractivity contribution in [3.05, 3.63) is 71.8 Å². The molecule has 3 atom stereocenters. The first-order valence-corrected chi connectivity index (χ1v) is 10.5. The fraction of sp³-hybridized carbons (Fsp3) is 0.458. The fourth-order valence-electron chi connectivity index (χ4n) is 4.87. The highest BCUT2D eigenvalue weighted by molar-refractivity contribution is 5.79. The van der Waals surface area contributed by atoms with E-state index in [1.807, 2.05) is 6.07 Å². The van der Waals surface area contributed by atoms with E-state index in [-0.39, 0.29) is 5.92 Å². The van der Waals surface area contributed by atoms with Gasteiger partial charge in [0.2, 0.25) is 5.91 Å². The van der Waals surface area contributed by atoms with Gasteiger partial charge in [-0.1, -0.05) is 60.7 Å². The van der Waals surface area contributed by atoms with Gasteiger partial charge in [-0.25, -0.2) is 0 Å². The molecule has 1 unspecified atom stereocenters. The second-order valence-corrected chi connectivity index (χ2v) is 8.32. The van der Waals surface area contributed by atoms with Crippen molar-refractivity contribution in [3.63, 3.8) is 0 Å². The topological polar surface area (TPSA) is 49.6 Å². The predicted octanol–water partition coefficient (Wildman–Crippen LogP) is 3.10. The average Bonchev–Trinajstić information content (AvgIpc) is 3.19. The Balaban J connectivity index is 1.39. The van der Waals surface area contributed by atoms with Crippen molar-refractivity contribution >= 4 is 5.91 Å². The van der Waals surface area contributed by atoms with Crippen LogP contribution in [0.3, 0.4) is 0 Å². The van der Waals surface area contributed by atoms with Crippen LogP contribution in [0.1, 0.15) is 29.9 Å². The van der Waals surface area contributed by atoms with Crippen LogP contribution in [0, 0.1) is 11.8 Å². The summed E-state index contributed by atoms with van der Waals surface area (Å²) in [4.78, 5) is 17.8. The smallest absolute Gasteiger partial charge is 0.227 e. The summed E-state index contributed by atoms with van der Waals surface area (Å²) >= 11 is 0. The van der Waals surface area contributed by atoms with Gasteiger partial charge in [0.1, 0.15) is 0 Å². The number of hydrogen-bond acceptors (Lipinski definition) is 3. The van der Waals surface area contributed by atoms with Crippen LogP contribution in [0.5, 0.6) is 0 Å². The molecule has 2 aromatic rings. The standard InChI is InChI=1S/C24H31N3O/c25-14-22-17-27(18-23(22)20-10-5-2-6-11-20)24(28)21-12-7-13-26(16-21)15-19-8-3-1-4-9-19/h1-6,8-11,21-23H,7,12-18,25H2/t21?,22-,23+/m1/s1. The van der Waals surface area contributed by atoms with E-state index in [0.29, 0.717) is 24.3 Å². The van der Waals surface area contributed by atoms with Crippen molar-refractivity contribution in [3.8, 4) is 0 Å². The predicted molar refractivity (Wildman–Crippen MR) is 113 cm³/mol. The average molecular weight is 378 g/mol. The van der Waals surface area contributed by atoms with Crippen molar-refractivity contribution in [2.75, 3.05) is 32.7 Å². The molecule has 0 saturated carbocycles. The number of rotatable bonds is 5. The van der Waals surface area contributed by atoms with Gasteiger partial charge >= 0.3 is 0 Å². The highest BCUT2D eigenvalue weighted by Crippen LogP contribution is 2.33. The number of benzene rings is 2. The lowest BCUT2D eigenvalue weighted by Crippen LogP contribution is -2.44. The molecule has 0 radical (unpaired) electrons. The Morgan fingerprint density at radius 3 is 2.39 bits per heavy atom. The van der Waals surface area contributed by atoms with E-state index < -0.39 is 0 Å². The van der Waals surface area contributed by atoms with Crippen molar-refractivity contribution < 1.29 is 4.79 Å². The molecule has 0 aromatic heterocycles. The number of likely N-dealkylation sites (tertiary alicyclic amines) is 2. The minimum absolute atomic E-state index is 0.116. The Hall–Kier alpha value is -2.17. The van der Waals surface area contributed by atoms with Crippen LogP contribution >= 0.6 is 0 Å². The number of piperidine rings is 1. The highest BCUT2D eigenvalue weighted by atomic mass is 16.2. The maximum Gasteiger partial charge on any atom is 0.227 e. The molecule has 2 N–H and O–H groups in total. The molecule has 2 fully saturated rings. The third kappa shape index (κ3) is 4.29. The van der Waals surface area contributed by atoms with E-state index in [2.05, 4.69) is 64.4 Å². The van der Waals surface area contributed by atoms with Crippen molar-refractivity contribution in [2.24, 2.45) is 17.6 Å². The van der Waals surface area contributed by atoms with Gasteiger partial charge in [0.15, 0.2) is 0 Å². The largest absolute Gasteiger partial charge is 0.341 e. The Labute approximate surface area is 168 Å². The molecule has 2 aliphatic heterocycles. The van der Waals surface area contributed by atoms with Gasteiger partial charge in [-0.15, -0.1) is 0 Å². The number of hydrogen-bond donors (Lipinski definition) is 1. The molecular weight excluding hydrogens is 346 g/mol. The summed E-state index contributed by atoms with van der Waals surface area (Å²) in [5.41, 5.74) is 8.70. The van der Waals surface area contributed by atoms with E-state index in [0.717, 1.165) is 45.6 Å².